The Labute approximate surface area is 126 Å². The molecule has 0 amide bonds. The summed E-state index contributed by atoms with van der Waals surface area (Å²) in [5.74, 6) is 0. The van der Waals surface area contributed by atoms with E-state index in [9.17, 15) is 8.42 Å². The van der Waals surface area contributed by atoms with Crippen molar-refractivity contribution in [3.05, 3.63) is 29.8 Å². The first kappa shape index (κ1) is 15.0. The van der Waals surface area contributed by atoms with Gasteiger partial charge in [-0.15, -0.1) is 0 Å². The molecule has 0 aromatic heterocycles. The molecule has 0 radical (unpaired) electrons. The molecular weight excluding hydrogens is 288 g/mol. The summed E-state index contributed by atoms with van der Waals surface area (Å²) in [7, 11) is -1.52. The Morgan fingerprint density at radius 1 is 1.19 bits per heavy atom. The number of benzene rings is 1. The molecule has 2 saturated heterocycles. The molecule has 6 heteroatoms. The minimum absolute atomic E-state index is 0.0714. The van der Waals surface area contributed by atoms with E-state index in [1.54, 1.807) is 16.4 Å². The van der Waals surface area contributed by atoms with Gasteiger partial charge in [-0.2, -0.15) is 4.31 Å². The van der Waals surface area contributed by atoms with Crippen LogP contribution in [-0.4, -0.2) is 45.1 Å². The molecule has 3 unspecified atom stereocenters. The predicted octanol–water partition coefficient (Wildman–Crippen LogP) is 1.52. The lowest BCUT2D eigenvalue weighted by Gasteiger charge is -2.31. The second-order valence-corrected chi connectivity index (χ2v) is 7.80. The summed E-state index contributed by atoms with van der Waals surface area (Å²) in [6.07, 6.45) is 2.08. The number of nitrogens with zero attached hydrogens (tertiary/aromatic N) is 1. The number of nitrogens with one attached hydrogen (secondary N) is 1. The molecule has 2 bridgehead atoms. The van der Waals surface area contributed by atoms with Crippen molar-refractivity contribution in [2.45, 2.75) is 42.9 Å². The molecule has 3 rings (SSSR count). The number of hydrogen-bond acceptors (Lipinski definition) is 4. The Morgan fingerprint density at radius 2 is 1.76 bits per heavy atom. The van der Waals surface area contributed by atoms with Gasteiger partial charge in [0.05, 0.1) is 17.1 Å². The summed E-state index contributed by atoms with van der Waals surface area (Å²) >= 11 is 0. The number of morpholine rings is 1. The molecule has 1 aromatic carbocycles. The Balaban J connectivity index is 1.81. The number of sulfonamides is 1. The van der Waals surface area contributed by atoms with E-state index in [1.807, 2.05) is 26.1 Å². The molecule has 1 aromatic rings. The molecule has 2 fully saturated rings. The second-order valence-electron chi connectivity index (χ2n) is 5.86. The van der Waals surface area contributed by atoms with Gasteiger partial charge in [0, 0.05) is 19.1 Å². The molecule has 5 nitrogen and oxygen atoms in total. The van der Waals surface area contributed by atoms with Crippen molar-refractivity contribution in [2.75, 3.05) is 20.1 Å². The van der Waals surface area contributed by atoms with Gasteiger partial charge >= 0.3 is 0 Å². The quantitative estimate of drug-likeness (QED) is 0.916. The zero-order valence-electron chi connectivity index (χ0n) is 12.5. The maximum Gasteiger partial charge on any atom is 0.243 e. The highest BCUT2D eigenvalue weighted by atomic mass is 32.2. The molecular formula is C15H22N2O3S. The fourth-order valence-electron chi connectivity index (χ4n) is 3.02. The number of hydrogen-bond donors (Lipinski definition) is 1. The average molecular weight is 310 g/mol. The molecule has 0 aliphatic carbocycles. The summed E-state index contributed by atoms with van der Waals surface area (Å²) in [6.45, 7) is 3.00. The lowest BCUT2D eigenvalue weighted by molar-refractivity contribution is -0.0114. The fourth-order valence-corrected chi connectivity index (χ4v) is 4.52. The van der Waals surface area contributed by atoms with E-state index in [0.29, 0.717) is 18.0 Å². The smallest absolute Gasteiger partial charge is 0.243 e. The number of ether oxygens (including phenoxy) is 1. The largest absolute Gasteiger partial charge is 0.372 e. The summed E-state index contributed by atoms with van der Waals surface area (Å²) in [4.78, 5) is 0.371. The first-order valence-electron chi connectivity index (χ1n) is 7.43. The van der Waals surface area contributed by atoms with Gasteiger partial charge in [0.15, 0.2) is 0 Å². The van der Waals surface area contributed by atoms with Crippen molar-refractivity contribution < 1.29 is 13.2 Å². The molecule has 2 aliphatic heterocycles. The van der Waals surface area contributed by atoms with E-state index < -0.39 is 10.0 Å². The highest BCUT2D eigenvalue weighted by Crippen LogP contribution is 2.30. The highest BCUT2D eigenvalue weighted by molar-refractivity contribution is 7.89. The van der Waals surface area contributed by atoms with Crippen molar-refractivity contribution in [1.82, 2.24) is 9.62 Å². The lowest BCUT2D eigenvalue weighted by Crippen LogP contribution is -2.45. The van der Waals surface area contributed by atoms with Crippen LogP contribution in [0, 0.1) is 0 Å². The van der Waals surface area contributed by atoms with Gasteiger partial charge < -0.3 is 10.1 Å². The van der Waals surface area contributed by atoms with E-state index in [1.165, 1.54) is 0 Å². The van der Waals surface area contributed by atoms with E-state index in [-0.39, 0.29) is 18.2 Å². The van der Waals surface area contributed by atoms with Crippen molar-refractivity contribution in [1.29, 1.82) is 0 Å². The molecule has 21 heavy (non-hydrogen) atoms. The third-order valence-corrected chi connectivity index (χ3v) is 6.31. The topological polar surface area (TPSA) is 58.6 Å². The number of rotatable bonds is 4. The predicted molar refractivity (Wildman–Crippen MR) is 80.6 cm³/mol. The van der Waals surface area contributed by atoms with Crippen LogP contribution >= 0.6 is 0 Å². The van der Waals surface area contributed by atoms with Crippen LogP contribution in [0.2, 0.25) is 0 Å². The van der Waals surface area contributed by atoms with Crippen molar-refractivity contribution >= 4 is 10.0 Å². The standard InChI is InChI=1S/C15H22N2O3S/c1-11(16-2)12-3-7-15(8-4-12)21(18,19)17-9-13-5-6-14(10-17)20-13/h3-4,7-8,11,13-14,16H,5-6,9-10H2,1-2H3. The molecule has 0 saturated carbocycles. The summed E-state index contributed by atoms with van der Waals surface area (Å²) < 4.78 is 32.7. The zero-order valence-corrected chi connectivity index (χ0v) is 13.3. The van der Waals surface area contributed by atoms with Crippen LogP contribution < -0.4 is 5.32 Å². The minimum Gasteiger partial charge on any atom is -0.372 e. The molecule has 2 heterocycles. The Bertz CT molecular complexity index is 588. The zero-order chi connectivity index (χ0) is 15.0. The molecule has 116 valence electrons. The SMILES string of the molecule is CNC(C)c1ccc(S(=O)(=O)N2CC3CCC(C2)O3)cc1. The average Bonchev–Trinajstić information content (AvgIpc) is 2.84. The van der Waals surface area contributed by atoms with Crippen LogP contribution in [0.15, 0.2) is 29.2 Å². The molecule has 1 N–H and O–H groups in total. The monoisotopic (exact) mass is 310 g/mol. The first-order valence-corrected chi connectivity index (χ1v) is 8.87. The van der Waals surface area contributed by atoms with Crippen LogP contribution in [0.25, 0.3) is 0 Å². The van der Waals surface area contributed by atoms with E-state index in [2.05, 4.69) is 5.32 Å². The van der Waals surface area contributed by atoms with Crippen molar-refractivity contribution in [3.63, 3.8) is 0 Å². The highest BCUT2D eigenvalue weighted by Gasteiger charge is 2.39. The minimum atomic E-state index is -3.40. The normalized spacial score (nSPS) is 27.7. The maximum atomic E-state index is 12.7. The van der Waals surface area contributed by atoms with Gasteiger partial charge in [-0.1, -0.05) is 12.1 Å². The van der Waals surface area contributed by atoms with Gasteiger partial charge in [-0.25, -0.2) is 8.42 Å². The van der Waals surface area contributed by atoms with E-state index in [4.69, 9.17) is 4.74 Å². The van der Waals surface area contributed by atoms with Gasteiger partial charge in [-0.05, 0) is 44.5 Å². The molecule has 2 aliphatic rings. The van der Waals surface area contributed by atoms with Crippen LogP contribution in [-0.2, 0) is 14.8 Å². The third-order valence-electron chi connectivity index (χ3n) is 4.46. The molecule has 3 atom stereocenters. The van der Waals surface area contributed by atoms with Gasteiger partial charge in [0.1, 0.15) is 0 Å². The Morgan fingerprint density at radius 3 is 2.29 bits per heavy atom. The summed E-state index contributed by atoms with van der Waals surface area (Å²) in [6, 6.07) is 7.37. The Kier molecular flexibility index (Phi) is 4.05. The lowest BCUT2D eigenvalue weighted by atomic mass is 10.1. The van der Waals surface area contributed by atoms with E-state index >= 15 is 0 Å². The van der Waals surface area contributed by atoms with Gasteiger partial charge in [0.2, 0.25) is 10.0 Å². The maximum absolute atomic E-state index is 12.7. The van der Waals surface area contributed by atoms with Crippen LogP contribution in [0.5, 0.6) is 0 Å². The molecule has 0 spiro atoms. The fraction of sp³-hybridized carbons (Fsp3) is 0.600. The van der Waals surface area contributed by atoms with E-state index in [0.717, 1.165) is 18.4 Å². The van der Waals surface area contributed by atoms with Crippen molar-refractivity contribution in [2.24, 2.45) is 0 Å². The third kappa shape index (κ3) is 2.85. The van der Waals surface area contributed by atoms with Crippen LogP contribution in [0.1, 0.15) is 31.4 Å². The Hall–Kier alpha value is -0.950. The van der Waals surface area contributed by atoms with Crippen LogP contribution in [0.3, 0.4) is 0 Å². The summed E-state index contributed by atoms with van der Waals surface area (Å²) in [5, 5.41) is 3.15. The first-order chi connectivity index (χ1) is 10.0. The van der Waals surface area contributed by atoms with Gasteiger partial charge in [0.25, 0.3) is 0 Å². The second kappa shape index (κ2) is 5.68. The number of fused-ring (bicyclic) bond motifs is 2. The summed E-state index contributed by atoms with van der Waals surface area (Å²) in [5.41, 5.74) is 1.08. The van der Waals surface area contributed by atoms with Crippen LogP contribution in [0.4, 0.5) is 0 Å². The van der Waals surface area contributed by atoms with Crippen molar-refractivity contribution in [3.8, 4) is 0 Å². The van der Waals surface area contributed by atoms with Gasteiger partial charge in [-0.3, -0.25) is 0 Å².